The number of furan rings is 1. The number of hydrogen-bond donors (Lipinski definition) is 2. The SMILES string of the molecule is O=C(O)c1coc(C(=O)NCCCOCC2CC2)c1. The maximum Gasteiger partial charge on any atom is 0.338 e. The van der Waals surface area contributed by atoms with Crippen molar-refractivity contribution in [2.45, 2.75) is 19.3 Å². The number of aromatic carboxylic acids is 1. The number of nitrogens with one attached hydrogen (secondary N) is 1. The Morgan fingerprint density at radius 1 is 1.47 bits per heavy atom. The fraction of sp³-hybridized carbons (Fsp3) is 0.538. The van der Waals surface area contributed by atoms with Gasteiger partial charge < -0.3 is 19.6 Å². The van der Waals surface area contributed by atoms with Crippen LogP contribution in [0.5, 0.6) is 0 Å². The summed E-state index contributed by atoms with van der Waals surface area (Å²) < 4.78 is 10.3. The van der Waals surface area contributed by atoms with Gasteiger partial charge in [0.1, 0.15) is 6.26 Å². The Hall–Kier alpha value is -1.82. The standard InChI is InChI=1S/C13H17NO5/c15-12(11-6-10(8-19-11)13(16)17)14-4-1-5-18-7-9-2-3-9/h6,8-9H,1-5,7H2,(H,14,15)(H,16,17). The summed E-state index contributed by atoms with van der Waals surface area (Å²) >= 11 is 0. The predicted octanol–water partition coefficient (Wildman–Crippen LogP) is 1.52. The highest BCUT2D eigenvalue weighted by molar-refractivity contribution is 5.95. The smallest absolute Gasteiger partial charge is 0.338 e. The molecule has 0 radical (unpaired) electrons. The molecule has 0 aromatic carbocycles. The normalized spacial score (nSPS) is 14.3. The fourth-order valence-corrected chi connectivity index (χ4v) is 1.57. The van der Waals surface area contributed by atoms with Crippen LogP contribution in [0.3, 0.4) is 0 Å². The molecule has 2 N–H and O–H groups in total. The molecule has 6 heteroatoms. The number of rotatable bonds is 8. The second-order valence-corrected chi connectivity index (χ2v) is 4.63. The summed E-state index contributed by atoms with van der Waals surface area (Å²) in [4.78, 5) is 22.2. The van der Waals surface area contributed by atoms with E-state index in [0.29, 0.717) is 13.2 Å². The third-order valence-corrected chi connectivity index (χ3v) is 2.87. The van der Waals surface area contributed by atoms with Crippen LogP contribution in [0, 0.1) is 5.92 Å². The molecule has 0 spiro atoms. The van der Waals surface area contributed by atoms with Crippen LogP contribution in [-0.4, -0.2) is 36.7 Å². The van der Waals surface area contributed by atoms with Crippen molar-refractivity contribution in [3.05, 3.63) is 23.7 Å². The highest BCUT2D eigenvalue weighted by atomic mass is 16.5. The first-order valence-electron chi connectivity index (χ1n) is 6.34. The number of carboxylic acid groups (broad SMARTS) is 1. The number of carboxylic acids is 1. The Kier molecular flexibility index (Phi) is 4.57. The Balaban J connectivity index is 1.61. The second kappa shape index (κ2) is 6.38. The monoisotopic (exact) mass is 267 g/mol. The molecule has 1 aliphatic rings. The quantitative estimate of drug-likeness (QED) is 0.697. The summed E-state index contributed by atoms with van der Waals surface area (Å²) in [6.07, 6.45) is 4.31. The molecule has 0 atom stereocenters. The van der Waals surface area contributed by atoms with Gasteiger partial charge in [-0.25, -0.2) is 4.79 Å². The van der Waals surface area contributed by atoms with Gasteiger partial charge in [0.2, 0.25) is 0 Å². The first-order valence-corrected chi connectivity index (χ1v) is 6.34. The summed E-state index contributed by atoms with van der Waals surface area (Å²) in [5.41, 5.74) is -0.0297. The molecular weight excluding hydrogens is 250 g/mol. The van der Waals surface area contributed by atoms with Crippen LogP contribution >= 0.6 is 0 Å². The molecule has 0 aliphatic heterocycles. The number of hydrogen-bond acceptors (Lipinski definition) is 4. The van der Waals surface area contributed by atoms with E-state index in [1.165, 1.54) is 18.9 Å². The van der Waals surface area contributed by atoms with E-state index in [0.717, 1.165) is 25.2 Å². The summed E-state index contributed by atoms with van der Waals surface area (Å²) in [5, 5.41) is 11.3. The number of ether oxygens (including phenoxy) is 1. The average molecular weight is 267 g/mol. The lowest BCUT2D eigenvalue weighted by molar-refractivity contribution is 0.0695. The van der Waals surface area contributed by atoms with Crippen LogP contribution in [0.15, 0.2) is 16.7 Å². The lowest BCUT2D eigenvalue weighted by atomic mass is 10.3. The van der Waals surface area contributed by atoms with Crippen molar-refractivity contribution >= 4 is 11.9 Å². The van der Waals surface area contributed by atoms with Crippen molar-refractivity contribution in [3.63, 3.8) is 0 Å². The van der Waals surface area contributed by atoms with Crippen LogP contribution in [-0.2, 0) is 4.74 Å². The van der Waals surface area contributed by atoms with Crippen molar-refractivity contribution in [2.24, 2.45) is 5.92 Å². The molecule has 1 fully saturated rings. The molecule has 1 heterocycles. The van der Waals surface area contributed by atoms with Crippen LogP contribution < -0.4 is 5.32 Å². The summed E-state index contributed by atoms with van der Waals surface area (Å²) in [6, 6.07) is 1.21. The van der Waals surface area contributed by atoms with Crippen LogP contribution in [0.2, 0.25) is 0 Å². The summed E-state index contributed by atoms with van der Waals surface area (Å²) in [5.74, 6) is -0.769. The van der Waals surface area contributed by atoms with Gasteiger partial charge in [0, 0.05) is 25.8 Å². The molecule has 1 aliphatic carbocycles. The van der Waals surface area contributed by atoms with Crippen molar-refractivity contribution in [1.29, 1.82) is 0 Å². The van der Waals surface area contributed by atoms with Crippen molar-refractivity contribution in [2.75, 3.05) is 19.8 Å². The van der Waals surface area contributed by atoms with E-state index in [4.69, 9.17) is 14.3 Å². The van der Waals surface area contributed by atoms with Gasteiger partial charge in [-0.1, -0.05) is 0 Å². The molecule has 0 bridgehead atoms. The van der Waals surface area contributed by atoms with Crippen LogP contribution in [0.25, 0.3) is 0 Å². The minimum atomic E-state index is -1.11. The number of amides is 1. The molecule has 104 valence electrons. The molecular formula is C13H17NO5. The fourth-order valence-electron chi connectivity index (χ4n) is 1.57. The molecule has 1 saturated carbocycles. The third kappa shape index (κ3) is 4.40. The van der Waals surface area contributed by atoms with Gasteiger partial charge in [-0.2, -0.15) is 0 Å². The Morgan fingerprint density at radius 3 is 2.89 bits per heavy atom. The van der Waals surface area contributed by atoms with Crippen molar-refractivity contribution in [3.8, 4) is 0 Å². The van der Waals surface area contributed by atoms with E-state index in [2.05, 4.69) is 5.32 Å². The molecule has 0 saturated heterocycles. The highest BCUT2D eigenvalue weighted by Crippen LogP contribution is 2.28. The zero-order valence-corrected chi connectivity index (χ0v) is 10.6. The Bertz CT molecular complexity index is 450. The van der Waals surface area contributed by atoms with Gasteiger partial charge >= 0.3 is 5.97 Å². The van der Waals surface area contributed by atoms with Crippen molar-refractivity contribution < 1.29 is 23.8 Å². The summed E-state index contributed by atoms with van der Waals surface area (Å²) in [7, 11) is 0. The van der Waals surface area contributed by atoms with E-state index >= 15 is 0 Å². The van der Waals surface area contributed by atoms with E-state index in [-0.39, 0.29) is 11.3 Å². The van der Waals surface area contributed by atoms with Gasteiger partial charge in [0.05, 0.1) is 5.56 Å². The predicted molar refractivity (Wildman–Crippen MR) is 66.2 cm³/mol. The highest BCUT2D eigenvalue weighted by Gasteiger charge is 2.20. The minimum absolute atomic E-state index is 0.0105. The average Bonchev–Trinajstić information content (AvgIpc) is 3.06. The zero-order chi connectivity index (χ0) is 13.7. The van der Waals surface area contributed by atoms with E-state index in [9.17, 15) is 9.59 Å². The van der Waals surface area contributed by atoms with Gasteiger partial charge in [-0.3, -0.25) is 4.79 Å². The molecule has 2 rings (SSSR count). The lowest BCUT2D eigenvalue weighted by Crippen LogP contribution is -2.24. The number of carbonyl (C=O) groups is 2. The molecule has 19 heavy (non-hydrogen) atoms. The van der Waals surface area contributed by atoms with Gasteiger partial charge in [0.25, 0.3) is 5.91 Å². The van der Waals surface area contributed by atoms with Crippen LogP contribution in [0.1, 0.15) is 40.2 Å². The molecule has 6 nitrogen and oxygen atoms in total. The molecule has 0 unspecified atom stereocenters. The van der Waals surface area contributed by atoms with Gasteiger partial charge in [-0.15, -0.1) is 0 Å². The Morgan fingerprint density at radius 2 is 2.26 bits per heavy atom. The van der Waals surface area contributed by atoms with Crippen molar-refractivity contribution in [1.82, 2.24) is 5.32 Å². The third-order valence-electron chi connectivity index (χ3n) is 2.87. The topological polar surface area (TPSA) is 88.8 Å². The van der Waals surface area contributed by atoms with E-state index in [1.54, 1.807) is 0 Å². The second-order valence-electron chi connectivity index (χ2n) is 4.63. The first-order chi connectivity index (χ1) is 9.16. The minimum Gasteiger partial charge on any atom is -0.478 e. The van der Waals surface area contributed by atoms with E-state index in [1.807, 2.05) is 0 Å². The Labute approximate surface area is 110 Å². The molecule has 1 aromatic heterocycles. The van der Waals surface area contributed by atoms with E-state index < -0.39 is 11.9 Å². The summed E-state index contributed by atoms with van der Waals surface area (Å²) in [6.45, 7) is 1.91. The van der Waals surface area contributed by atoms with Crippen LogP contribution in [0.4, 0.5) is 0 Å². The maximum absolute atomic E-state index is 11.6. The lowest BCUT2D eigenvalue weighted by Gasteiger charge is -2.04. The first kappa shape index (κ1) is 13.6. The maximum atomic E-state index is 11.6. The largest absolute Gasteiger partial charge is 0.478 e. The molecule has 1 amide bonds. The zero-order valence-electron chi connectivity index (χ0n) is 10.6. The molecule has 1 aromatic rings. The van der Waals surface area contributed by atoms with Gasteiger partial charge in [0.15, 0.2) is 5.76 Å². The number of carbonyl (C=O) groups excluding carboxylic acids is 1. The van der Waals surface area contributed by atoms with Gasteiger partial charge in [-0.05, 0) is 25.2 Å².